The molecule has 0 aliphatic carbocycles. The molecule has 1 N–H and O–H groups in total. The van der Waals surface area contributed by atoms with Crippen LogP contribution < -0.4 is 4.74 Å². The van der Waals surface area contributed by atoms with Gasteiger partial charge in [0.2, 0.25) is 0 Å². The Kier molecular flexibility index (Phi) is 8.71. The number of pyridine rings is 1. The summed E-state index contributed by atoms with van der Waals surface area (Å²) in [4.78, 5) is 16.4. The Bertz CT molecular complexity index is 1210. The lowest BCUT2D eigenvalue weighted by Gasteiger charge is -2.19. The number of carbonyl (C=O) groups is 1. The highest BCUT2D eigenvalue weighted by atomic mass is 19.4. The van der Waals surface area contributed by atoms with Crippen LogP contribution in [-0.2, 0) is 33.7 Å². The van der Waals surface area contributed by atoms with Gasteiger partial charge in [0, 0.05) is 30.5 Å². The number of benzene rings is 1. The number of carbonyl (C=O) groups excluding carboxylic acids is 1. The molecule has 0 saturated heterocycles. The van der Waals surface area contributed by atoms with E-state index in [2.05, 4.69) is 11.6 Å². The number of aromatic nitrogens is 1. The second-order valence-electron chi connectivity index (χ2n) is 8.16. The minimum Gasteiger partial charge on any atom is -0.493 e. The van der Waals surface area contributed by atoms with Crippen LogP contribution >= 0.6 is 0 Å². The molecule has 0 bridgehead atoms. The summed E-state index contributed by atoms with van der Waals surface area (Å²) in [5, 5.41) is 9.59. The third-order valence-electron chi connectivity index (χ3n) is 5.23. The number of alkyl halides is 3. The maximum absolute atomic E-state index is 13.5. The van der Waals surface area contributed by atoms with E-state index in [-0.39, 0.29) is 42.8 Å². The van der Waals surface area contributed by atoms with Crippen molar-refractivity contribution in [2.45, 2.75) is 33.2 Å². The van der Waals surface area contributed by atoms with E-state index in [0.29, 0.717) is 23.1 Å². The lowest BCUT2D eigenvalue weighted by atomic mass is 10.1. The molecular weight excluding hydrogens is 475 g/mol. The largest absolute Gasteiger partial charge is 0.493 e. The molecule has 1 aliphatic heterocycles. The molecule has 2 aromatic rings. The number of ketones is 1. The number of rotatable bonds is 7. The summed E-state index contributed by atoms with van der Waals surface area (Å²) in [6.07, 6.45) is 1.19. The van der Waals surface area contributed by atoms with Gasteiger partial charge in [0.15, 0.2) is 5.78 Å². The molecule has 36 heavy (non-hydrogen) atoms. The van der Waals surface area contributed by atoms with Crippen molar-refractivity contribution in [1.82, 2.24) is 4.98 Å². The maximum Gasteiger partial charge on any atom is 0.421 e. The van der Waals surface area contributed by atoms with E-state index in [0.717, 1.165) is 6.07 Å². The van der Waals surface area contributed by atoms with E-state index in [1.165, 1.54) is 24.4 Å². The van der Waals surface area contributed by atoms with Crippen LogP contribution in [0.2, 0.25) is 0 Å². The van der Waals surface area contributed by atoms with Crippen molar-refractivity contribution in [2.75, 3.05) is 6.61 Å². The lowest BCUT2D eigenvalue weighted by molar-refractivity contribution is -0.138. The van der Waals surface area contributed by atoms with Crippen LogP contribution in [0.5, 0.6) is 5.75 Å². The smallest absolute Gasteiger partial charge is 0.421 e. The topological polar surface area (TPSA) is 77.9 Å². The zero-order chi connectivity index (χ0) is 26.3. The highest BCUT2D eigenvalue weighted by molar-refractivity contribution is 6.06. The van der Waals surface area contributed by atoms with Crippen molar-refractivity contribution in [1.29, 1.82) is 0 Å². The van der Waals surface area contributed by atoms with Gasteiger partial charge in [-0.25, -0.2) is 0 Å². The molecule has 0 amide bonds. The number of hydrogen-bond acceptors (Lipinski definition) is 6. The highest BCUT2D eigenvalue weighted by Crippen LogP contribution is 2.36. The molecule has 0 atom stereocenters. The van der Waals surface area contributed by atoms with E-state index in [4.69, 9.17) is 14.2 Å². The third kappa shape index (κ3) is 6.85. The monoisotopic (exact) mass is 501 g/mol. The molecule has 9 heteroatoms. The zero-order valence-electron chi connectivity index (χ0n) is 19.8. The predicted octanol–water partition coefficient (Wildman–Crippen LogP) is 5.65. The van der Waals surface area contributed by atoms with E-state index < -0.39 is 23.3 Å². The molecule has 0 fully saturated rings. The zero-order valence-corrected chi connectivity index (χ0v) is 19.8. The Balaban J connectivity index is 2.02. The number of halogens is 3. The summed E-state index contributed by atoms with van der Waals surface area (Å²) in [5.74, 6) is -0.761. The number of aliphatic hydroxyl groups is 1. The van der Waals surface area contributed by atoms with Crippen LogP contribution in [0.15, 0.2) is 90.4 Å². The van der Waals surface area contributed by atoms with Crippen LogP contribution in [0.25, 0.3) is 0 Å². The first-order chi connectivity index (χ1) is 17.1. The van der Waals surface area contributed by atoms with Gasteiger partial charge < -0.3 is 19.3 Å². The fraction of sp³-hybridized carbons (Fsp3) is 0.259. The van der Waals surface area contributed by atoms with Crippen LogP contribution in [-0.4, -0.2) is 22.5 Å². The van der Waals surface area contributed by atoms with Crippen molar-refractivity contribution in [3.8, 4) is 5.75 Å². The number of allylic oxidation sites excluding steroid dienone is 4. The summed E-state index contributed by atoms with van der Waals surface area (Å²) in [6, 6.07) is 8.10. The second kappa shape index (κ2) is 11.7. The van der Waals surface area contributed by atoms with Crippen molar-refractivity contribution in [3.63, 3.8) is 0 Å². The quantitative estimate of drug-likeness (QED) is 0.494. The first-order valence-corrected chi connectivity index (χ1v) is 11.1. The molecule has 1 aromatic carbocycles. The number of aliphatic hydroxyl groups excluding tert-OH is 1. The molecule has 0 spiro atoms. The van der Waals surface area contributed by atoms with Crippen LogP contribution in [0, 0.1) is 5.92 Å². The van der Waals surface area contributed by atoms with Gasteiger partial charge in [-0.15, -0.1) is 0 Å². The fourth-order valence-electron chi connectivity index (χ4n) is 3.23. The van der Waals surface area contributed by atoms with E-state index in [1.54, 1.807) is 24.3 Å². The minimum atomic E-state index is -4.69. The normalized spacial score (nSPS) is 19.4. The Morgan fingerprint density at radius 3 is 2.56 bits per heavy atom. The minimum absolute atomic E-state index is 0.00265. The van der Waals surface area contributed by atoms with Gasteiger partial charge in [0.1, 0.15) is 41.8 Å². The Morgan fingerprint density at radius 2 is 1.89 bits per heavy atom. The van der Waals surface area contributed by atoms with Gasteiger partial charge >= 0.3 is 6.18 Å². The molecule has 190 valence electrons. The lowest BCUT2D eigenvalue weighted by Crippen LogP contribution is -2.13. The fourth-order valence-corrected chi connectivity index (χ4v) is 3.23. The van der Waals surface area contributed by atoms with E-state index in [1.807, 2.05) is 13.8 Å². The molecular formula is C27H26F3NO5. The van der Waals surface area contributed by atoms with Gasteiger partial charge in [-0.3, -0.25) is 9.78 Å². The summed E-state index contributed by atoms with van der Waals surface area (Å²) in [6.45, 7) is 7.19. The van der Waals surface area contributed by atoms with E-state index in [9.17, 15) is 23.1 Å². The standard InChI is InChI=1S/C27H26F3NO5/c1-17(2)25-13-23(33)18(3)26(35-16-20-7-5-4-6-19(20)15-32)12-21(9-11-34-25)36-24-8-10-31-14-22(24)27(28,29)30/h4-10,12-14,17,32H,3,11,15-16H2,1-2H3/b21-9+,25-13-,26-12+. The van der Waals surface area contributed by atoms with Gasteiger partial charge in [-0.2, -0.15) is 13.2 Å². The molecule has 0 unspecified atom stereocenters. The molecule has 6 nitrogen and oxygen atoms in total. The van der Waals surface area contributed by atoms with Crippen molar-refractivity contribution in [3.05, 3.63) is 107 Å². The average molecular weight is 502 g/mol. The van der Waals surface area contributed by atoms with Crippen molar-refractivity contribution in [2.24, 2.45) is 5.92 Å². The molecule has 1 aliphatic rings. The first-order valence-electron chi connectivity index (χ1n) is 11.1. The highest BCUT2D eigenvalue weighted by Gasteiger charge is 2.35. The Hall–Kier alpha value is -3.85. The maximum atomic E-state index is 13.5. The summed E-state index contributed by atoms with van der Waals surface area (Å²) in [7, 11) is 0. The number of hydrogen-bond donors (Lipinski definition) is 1. The van der Waals surface area contributed by atoms with Crippen LogP contribution in [0.4, 0.5) is 13.2 Å². The molecule has 0 saturated carbocycles. The summed E-state index contributed by atoms with van der Waals surface area (Å²) >= 11 is 0. The van der Waals surface area contributed by atoms with Gasteiger partial charge in [0.05, 0.1) is 12.2 Å². The number of ether oxygens (including phenoxy) is 3. The van der Waals surface area contributed by atoms with Gasteiger partial charge in [-0.1, -0.05) is 44.7 Å². The summed E-state index contributed by atoms with van der Waals surface area (Å²) < 4.78 is 57.6. The second-order valence-corrected chi connectivity index (χ2v) is 8.16. The van der Waals surface area contributed by atoms with Crippen LogP contribution in [0.1, 0.15) is 30.5 Å². The average Bonchev–Trinajstić information content (AvgIpc) is 2.84. The van der Waals surface area contributed by atoms with Gasteiger partial charge in [0.25, 0.3) is 0 Å². The van der Waals surface area contributed by atoms with Crippen molar-refractivity contribution < 1.29 is 37.3 Å². The molecule has 3 rings (SSSR count). The SMILES string of the molecule is C=C1C(=O)/C=C(/C(C)C)OC/C=C(Oc2ccncc2C(F)(F)F)\C=C/1OCc1ccccc1CO. The molecule has 2 heterocycles. The number of nitrogens with zero attached hydrogens (tertiary/aromatic N) is 1. The Labute approximate surface area is 207 Å². The van der Waals surface area contributed by atoms with Gasteiger partial charge in [-0.05, 0) is 23.3 Å². The third-order valence-corrected chi connectivity index (χ3v) is 5.23. The van der Waals surface area contributed by atoms with Crippen LogP contribution in [0.3, 0.4) is 0 Å². The summed E-state index contributed by atoms with van der Waals surface area (Å²) in [5.41, 5.74) is 0.193. The Morgan fingerprint density at radius 1 is 1.17 bits per heavy atom. The molecule has 0 radical (unpaired) electrons. The predicted molar refractivity (Wildman–Crippen MR) is 126 cm³/mol. The first kappa shape index (κ1) is 26.7. The van der Waals surface area contributed by atoms with Crippen molar-refractivity contribution >= 4 is 5.78 Å². The van der Waals surface area contributed by atoms with E-state index >= 15 is 0 Å². The molecule has 1 aromatic heterocycles.